The molecule has 0 bridgehead atoms. The second kappa shape index (κ2) is 7.13. The van der Waals surface area contributed by atoms with Gasteiger partial charge in [-0.05, 0) is 18.6 Å². The van der Waals surface area contributed by atoms with Crippen LogP contribution in [0.1, 0.15) is 16.8 Å². The van der Waals surface area contributed by atoms with Gasteiger partial charge in [-0.25, -0.2) is 23.7 Å². The SMILES string of the molecule is O=c1[nH]c(-c2cncnc2)nc2c1CCN(Cc1c(F)ccc(Cl)c1F)C2. The fourth-order valence-corrected chi connectivity index (χ4v) is 3.30. The summed E-state index contributed by atoms with van der Waals surface area (Å²) in [5.74, 6) is -1.05. The fraction of sp³-hybridized carbons (Fsp3) is 0.222. The van der Waals surface area contributed by atoms with Crippen molar-refractivity contribution in [1.29, 1.82) is 0 Å². The average Bonchev–Trinajstić information content (AvgIpc) is 2.68. The van der Waals surface area contributed by atoms with Gasteiger partial charge in [0, 0.05) is 43.2 Å². The topological polar surface area (TPSA) is 74.8 Å². The van der Waals surface area contributed by atoms with E-state index < -0.39 is 11.6 Å². The normalized spacial score (nSPS) is 14.2. The largest absolute Gasteiger partial charge is 0.306 e. The first-order valence-corrected chi connectivity index (χ1v) is 8.63. The molecule has 1 aliphatic rings. The van der Waals surface area contributed by atoms with Gasteiger partial charge in [0.25, 0.3) is 5.56 Å². The number of hydrogen-bond acceptors (Lipinski definition) is 5. The number of nitrogens with one attached hydrogen (secondary N) is 1. The molecule has 4 rings (SSSR count). The van der Waals surface area contributed by atoms with E-state index in [1.807, 2.05) is 4.90 Å². The highest BCUT2D eigenvalue weighted by Crippen LogP contribution is 2.25. The van der Waals surface area contributed by atoms with Crippen molar-refractivity contribution in [3.05, 3.63) is 74.7 Å². The first-order valence-electron chi connectivity index (χ1n) is 8.25. The lowest BCUT2D eigenvalue weighted by Gasteiger charge is -2.28. The number of fused-ring (bicyclic) bond motifs is 1. The van der Waals surface area contributed by atoms with Gasteiger partial charge in [0.2, 0.25) is 0 Å². The Kier molecular flexibility index (Phi) is 4.67. The van der Waals surface area contributed by atoms with Crippen LogP contribution in [0, 0.1) is 11.6 Å². The van der Waals surface area contributed by atoms with E-state index in [0.717, 1.165) is 6.07 Å². The Labute approximate surface area is 157 Å². The quantitative estimate of drug-likeness (QED) is 0.697. The summed E-state index contributed by atoms with van der Waals surface area (Å²) in [4.78, 5) is 29.3. The maximum atomic E-state index is 14.2. The Morgan fingerprint density at radius 1 is 1.22 bits per heavy atom. The van der Waals surface area contributed by atoms with E-state index in [1.54, 1.807) is 12.4 Å². The van der Waals surface area contributed by atoms with Crippen molar-refractivity contribution in [3.8, 4) is 11.4 Å². The molecule has 0 spiro atoms. The van der Waals surface area contributed by atoms with Crippen molar-refractivity contribution in [2.75, 3.05) is 6.54 Å². The lowest BCUT2D eigenvalue weighted by molar-refractivity contribution is 0.233. The van der Waals surface area contributed by atoms with Crippen LogP contribution >= 0.6 is 11.6 Å². The van der Waals surface area contributed by atoms with Crippen molar-refractivity contribution in [1.82, 2.24) is 24.8 Å². The molecule has 0 unspecified atom stereocenters. The maximum absolute atomic E-state index is 14.2. The van der Waals surface area contributed by atoms with Gasteiger partial charge in [0.1, 0.15) is 23.8 Å². The highest BCUT2D eigenvalue weighted by Gasteiger charge is 2.24. The fourth-order valence-electron chi connectivity index (χ4n) is 3.12. The zero-order valence-corrected chi connectivity index (χ0v) is 14.8. The minimum atomic E-state index is -0.761. The third-order valence-electron chi connectivity index (χ3n) is 4.51. The summed E-state index contributed by atoms with van der Waals surface area (Å²) in [7, 11) is 0. The summed E-state index contributed by atoms with van der Waals surface area (Å²) in [6, 6.07) is 2.34. The number of nitrogens with zero attached hydrogens (tertiary/aromatic N) is 4. The van der Waals surface area contributed by atoms with Crippen LogP contribution in [0.25, 0.3) is 11.4 Å². The summed E-state index contributed by atoms with van der Waals surface area (Å²) in [5, 5.41) is -0.121. The molecule has 0 fully saturated rings. The lowest BCUT2D eigenvalue weighted by atomic mass is 10.0. The molecule has 0 saturated heterocycles. The van der Waals surface area contributed by atoms with Crippen molar-refractivity contribution in [3.63, 3.8) is 0 Å². The summed E-state index contributed by atoms with van der Waals surface area (Å²) >= 11 is 5.76. The molecule has 9 heteroatoms. The van der Waals surface area contributed by atoms with Crippen molar-refractivity contribution in [2.45, 2.75) is 19.5 Å². The number of halogens is 3. The monoisotopic (exact) mass is 389 g/mol. The molecule has 3 heterocycles. The Hall–Kier alpha value is -2.71. The molecule has 1 aliphatic heterocycles. The number of aromatic nitrogens is 4. The van der Waals surface area contributed by atoms with Crippen LogP contribution in [0.4, 0.5) is 8.78 Å². The van der Waals surface area contributed by atoms with Gasteiger partial charge in [-0.15, -0.1) is 0 Å². The number of H-pyrrole nitrogens is 1. The highest BCUT2D eigenvalue weighted by molar-refractivity contribution is 6.30. The molecular formula is C18H14ClF2N5O. The minimum Gasteiger partial charge on any atom is -0.306 e. The van der Waals surface area contributed by atoms with Crippen LogP contribution in [-0.2, 0) is 19.5 Å². The highest BCUT2D eigenvalue weighted by atomic mass is 35.5. The first kappa shape index (κ1) is 17.7. The Morgan fingerprint density at radius 2 is 2.00 bits per heavy atom. The molecule has 0 aliphatic carbocycles. The van der Waals surface area contributed by atoms with E-state index in [0.29, 0.717) is 42.2 Å². The molecule has 0 amide bonds. The minimum absolute atomic E-state index is 0.0376. The van der Waals surface area contributed by atoms with Gasteiger partial charge in [-0.3, -0.25) is 9.69 Å². The van der Waals surface area contributed by atoms with Crippen molar-refractivity contribution in [2.24, 2.45) is 0 Å². The molecule has 0 radical (unpaired) electrons. The Balaban J connectivity index is 1.64. The third-order valence-corrected chi connectivity index (χ3v) is 4.80. The van der Waals surface area contributed by atoms with Crippen LogP contribution in [0.2, 0.25) is 5.02 Å². The van der Waals surface area contributed by atoms with Gasteiger partial charge in [-0.1, -0.05) is 11.6 Å². The smallest absolute Gasteiger partial charge is 0.254 e. The van der Waals surface area contributed by atoms with Crippen molar-refractivity contribution < 1.29 is 8.78 Å². The predicted molar refractivity (Wildman–Crippen MR) is 95.1 cm³/mol. The molecule has 1 N–H and O–H groups in total. The van der Waals surface area contributed by atoms with E-state index in [1.165, 1.54) is 12.4 Å². The maximum Gasteiger partial charge on any atom is 0.254 e. The van der Waals surface area contributed by atoms with E-state index in [2.05, 4.69) is 19.9 Å². The molecule has 0 atom stereocenters. The van der Waals surface area contributed by atoms with E-state index in [-0.39, 0.29) is 22.7 Å². The van der Waals surface area contributed by atoms with Crippen LogP contribution in [0.15, 0.2) is 35.6 Å². The van der Waals surface area contributed by atoms with E-state index in [9.17, 15) is 13.6 Å². The summed E-state index contributed by atoms with van der Waals surface area (Å²) in [5.41, 5.74) is 1.43. The van der Waals surface area contributed by atoms with Crippen LogP contribution in [-0.4, -0.2) is 31.4 Å². The van der Waals surface area contributed by atoms with Gasteiger partial charge in [0.05, 0.1) is 16.3 Å². The van der Waals surface area contributed by atoms with Crippen molar-refractivity contribution >= 4 is 11.6 Å². The number of rotatable bonds is 3. The molecule has 138 valence electrons. The van der Waals surface area contributed by atoms with Gasteiger partial charge in [0.15, 0.2) is 0 Å². The molecular weight excluding hydrogens is 376 g/mol. The Bertz CT molecular complexity index is 1060. The molecule has 27 heavy (non-hydrogen) atoms. The van der Waals surface area contributed by atoms with Crippen LogP contribution in [0.3, 0.4) is 0 Å². The zero-order valence-electron chi connectivity index (χ0n) is 14.0. The number of aromatic amines is 1. The summed E-state index contributed by atoms with van der Waals surface area (Å²) in [6.07, 6.45) is 4.92. The predicted octanol–water partition coefficient (Wildman–Crippen LogP) is 2.72. The van der Waals surface area contributed by atoms with Gasteiger partial charge >= 0.3 is 0 Å². The third kappa shape index (κ3) is 3.45. The van der Waals surface area contributed by atoms with Gasteiger partial charge in [-0.2, -0.15) is 0 Å². The van der Waals surface area contributed by atoms with Crippen LogP contribution in [0.5, 0.6) is 0 Å². The average molecular weight is 390 g/mol. The molecule has 3 aromatic rings. The standard InChI is InChI=1S/C18H14ClF2N5O/c19-13-1-2-14(20)12(16(13)21)7-26-4-3-11-15(8-26)24-17(25-18(11)27)10-5-22-9-23-6-10/h1-2,5-6,9H,3-4,7-8H2,(H,24,25,27). The van der Waals surface area contributed by atoms with E-state index in [4.69, 9.17) is 11.6 Å². The molecule has 2 aromatic heterocycles. The second-order valence-electron chi connectivity index (χ2n) is 6.25. The van der Waals surface area contributed by atoms with Gasteiger partial charge < -0.3 is 4.98 Å². The lowest BCUT2D eigenvalue weighted by Crippen LogP contribution is -2.35. The molecule has 0 saturated carbocycles. The zero-order chi connectivity index (χ0) is 19.0. The number of hydrogen-bond donors (Lipinski definition) is 1. The van der Waals surface area contributed by atoms with Crippen LogP contribution < -0.4 is 5.56 Å². The second-order valence-corrected chi connectivity index (χ2v) is 6.66. The number of benzene rings is 1. The summed E-state index contributed by atoms with van der Waals surface area (Å²) < 4.78 is 28.2. The van der Waals surface area contributed by atoms with E-state index >= 15 is 0 Å². The molecule has 6 nitrogen and oxygen atoms in total. The molecule has 1 aromatic carbocycles. The summed E-state index contributed by atoms with van der Waals surface area (Å²) in [6.45, 7) is 0.818. The first-order chi connectivity index (χ1) is 13.0. The Morgan fingerprint density at radius 3 is 2.78 bits per heavy atom.